The van der Waals surface area contributed by atoms with Crippen molar-refractivity contribution >= 4 is 14.1 Å². The van der Waals surface area contributed by atoms with Crippen molar-refractivity contribution in [1.82, 2.24) is 4.98 Å². The summed E-state index contributed by atoms with van der Waals surface area (Å²) in [6, 6.07) is 4.68. The van der Waals surface area contributed by atoms with Crippen molar-refractivity contribution in [3.05, 3.63) is 63.5 Å². The van der Waals surface area contributed by atoms with Crippen LogP contribution in [0.5, 0.6) is 0 Å². The number of ketones is 1. The van der Waals surface area contributed by atoms with Crippen LogP contribution in [0, 0.1) is 5.41 Å². The predicted octanol–water partition coefficient (Wildman–Crippen LogP) is 10.5. The van der Waals surface area contributed by atoms with Crippen LogP contribution in [-0.4, -0.2) is 19.1 Å². The molecule has 1 fully saturated rings. The molecule has 7 heteroatoms. The van der Waals surface area contributed by atoms with Crippen molar-refractivity contribution < 1.29 is 22.4 Å². The molecule has 0 N–H and O–H groups in total. The maximum absolute atomic E-state index is 14.4. The van der Waals surface area contributed by atoms with Crippen molar-refractivity contribution in [1.29, 1.82) is 0 Å². The number of fused-ring (bicyclic) bond motifs is 1. The van der Waals surface area contributed by atoms with E-state index in [2.05, 4.69) is 61.6 Å². The zero-order valence-corrected chi connectivity index (χ0v) is 27.4. The lowest BCUT2D eigenvalue weighted by Gasteiger charge is -2.45. The summed E-state index contributed by atoms with van der Waals surface area (Å²) in [6.07, 6.45) is 2.43. The number of carbonyl (C=O) groups excluding carboxylic acids is 1. The van der Waals surface area contributed by atoms with Crippen molar-refractivity contribution in [2.24, 2.45) is 5.41 Å². The minimum atomic E-state index is -4.45. The fourth-order valence-electron chi connectivity index (χ4n) is 6.37. The average molecular weight is 588 g/mol. The fraction of sp³-hybridized carbons (Fsp3) is 0.647. The predicted molar refractivity (Wildman–Crippen MR) is 162 cm³/mol. The van der Waals surface area contributed by atoms with Gasteiger partial charge in [-0.25, -0.2) is 0 Å². The highest BCUT2D eigenvalue weighted by Gasteiger charge is 2.45. The second-order valence-electron chi connectivity index (χ2n) is 15.0. The summed E-state index contributed by atoms with van der Waals surface area (Å²) in [6.45, 7) is 20.0. The van der Waals surface area contributed by atoms with E-state index in [1.807, 2.05) is 0 Å². The van der Waals surface area contributed by atoms with Crippen LogP contribution in [0.1, 0.15) is 149 Å². The van der Waals surface area contributed by atoms with Crippen molar-refractivity contribution in [3.8, 4) is 0 Å². The van der Waals surface area contributed by atoms with Gasteiger partial charge in [-0.05, 0) is 78.8 Å². The number of pyridine rings is 1. The van der Waals surface area contributed by atoms with E-state index >= 15 is 0 Å². The summed E-state index contributed by atoms with van der Waals surface area (Å²) in [4.78, 5) is 19.7. The Balaban J connectivity index is 1.99. The van der Waals surface area contributed by atoms with Gasteiger partial charge in [0, 0.05) is 22.4 Å². The Morgan fingerprint density at radius 1 is 1.00 bits per heavy atom. The van der Waals surface area contributed by atoms with Gasteiger partial charge in [0.25, 0.3) is 0 Å². The molecule has 0 amide bonds. The molecule has 1 aromatic heterocycles. The van der Waals surface area contributed by atoms with Crippen molar-refractivity contribution in [2.45, 2.75) is 136 Å². The second-order valence-corrected chi connectivity index (χ2v) is 19.7. The molecule has 2 aromatic rings. The topological polar surface area (TPSA) is 39.2 Å². The highest BCUT2D eigenvalue weighted by molar-refractivity contribution is 6.74. The summed E-state index contributed by atoms with van der Waals surface area (Å²) in [5, 5.41) is 0.0178. The number of benzene rings is 1. The van der Waals surface area contributed by atoms with E-state index in [1.165, 1.54) is 18.6 Å². The Morgan fingerprint density at radius 3 is 2.10 bits per heavy atom. The summed E-state index contributed by atoms with van der Waals surface area (Å²) in [5.74, 6) is -0.0341. The van der Waals surface area contributed by atoms with E-state index < -0.39 is 20.1 Å². The molecule has 1 atom stereocenters. The fourth-order valence-corrected chi connectivity index (χ4v) is 7.64. The Morgan fingerprint density at radius 2 is 1.59 bits per heavy atom. The number of alkyl halides is 3. The quantitative estimate of drug-likeness (QED) is 0.249. The van der Waals surface area contributed by atoms with Crippen LogP contribution in [0.25, 0.3) is 0 Å². The summed E-state index contributed by atoms with van der Waals surface area (Å²) < 4.78 is 47.2. The first-order chi connectivity index (χ1) is 18.8. The summed E-state index contributed by atoms with van der Waals surface area (Å²) in [5.41, 5.74) is 4.09. The molecule has 3 nitrogen and oxygen atoms in total. The molecule has 1 heterocycles. The smallest absolute Gasteiger partial charge is 0.410 e. The monoisotopic (exact) mass is 587 g/mol. The van der Waals surface area contributed by atoms with Gasteiger partial charge in [0.1, 0.15) is 0 Å². The third kappa shape index (κ3) is 6.66. The molecular formula is C34H48F3NO2Si. The van der Waals surface area contributed by atoms with Crippen LogP contribution in [0.15, 0.2) is 24.3 Å². The number of hydrogen-bond donors (Lipinski definition) is 0. The van der Waals surface area contributed by atoms with Crippen LogP contribution < -0.4 is 0 Å². The van der Waals surface area contributed by atoms with E-state index in [1.54, 1.807) is 0 Å². The number of rotatable bonds is 6. The maximum Gasteiger partial charge on any atom is 0.416 e. The van der Waals surface area contributed by atoms with Gasteiger partial charge in [0.15, 0.2) is 14.1 Å². The van der Waals surface area contributed by atoms with Gasteiger partial charge >= 0.3 is 6.18 Å². The van der Waals surface area contributed by atoms with E-state index in [9.17, 15) is 18.0 Å². The van der Waals surface area contributed by atoms with Gasteiger partial charge in [-0.3, -0.25) is 9.78 Å². The average Bonchev–Trinajstić information content (AvgIpc) is 2.85. The third-order valence-electron chi connectivity index (χ3n) is 9.59. The summed E-state index contributed by atoms with van der Waals surface area (Å²) in [7, 11) is -2.18. The van der Waals surface area contributed by atoms with E-state index in [4.69, 9.17) is 9.41 Å². The lowest BCUT2D eigenvalue weighted by molar-refractivity contribution is -0.137. The van der Waals surface area contributed by atoms with Crippen LogP contribution in [0.2, 0.25) is 18.1 Å². The maximum atomic E-state index is 14.4. The van der Waals surface area contributed by atoms with Crippen molar-refractivity contribution in [2.75, 3.05) is 0 Å². The highest BCUT2D eigenvalue weighted by atomic mass is 28.4. The molecular weight excluding hydrogens is 539 g/mol. The number of hydrogen-bond acceptors (Lipinski definition) is 3. The number of nitrogens with zero attached hydrogens (tertiary/aromatic N) is 1. The lowest BCUT2D eigenvalue weighted by atomic mass is 9.69. The second kappa shape index (κ2) is 11.3. The van der Waals surface area contributed by atoms with Gasteiger partial charge in [-0.2, -0.15) is 13.2 Å². The van der Waals surface area contributed by atoms with Gasteiger partial charge in [0.05, 0.1) is 17.4 Å². The minimum Gasteiger partial charge on any atom is -0.410 e. The molecule has 0 bridgehead atoms. The molecule has 226 valence electrons. The standard InChI is InChI=1S/C34H48F3NO2Si/c1-21(2)30-29(31(39)23-15-17-24(18-16-23)34(35,36)37)27(22-13-11-10-12-14-22)28-25(38-30)19-33(6,7)20-26(28)40-41(8,9)32(3,4)5/h15-18,21-22,26H,10-14,19-20H2,1-9H3/t26-/m0/s1. The first kappa shape index (κ1) is 31.9. The van der Waals surface area contributed by atoms with Gasteiger partial charge in [0.2, 0.25) is 0 Å². The van der Waals surface area contributed by atoms with E-state index in [0.29, 0.717) is 5.56 Å². The molecule has 2 aliphatic rings. The van der Waals surface area contributed by atoms with Gasteiger partial charge in [-0.1, -0.05) is 79.9 Å². The van der Waals surface area contributed by atoms with Crippen LogP contribution in [-0.2, 0) is 17.0 Å². The lowest BCUT2D eigenvalue weighted by Crippen LogP contribution is -2.44. The molecule has 1 aromatic carbocycles. The number of aromatic nitrogens is 1. The van der Waals surface area contributed by atoms with Crippen LogP contribution in [0.3, 0.4) is 0 Å². The Kier molecular flexibility index (Phi) is 8.77. The third-order valence-corrected chi connectivity index (χ3v) is 14.1. The van der Waals surface area contributed by atoms with E-state index in [0.717, 1.165) is 73.2 Å². The highest BCUT2D eigenvalue weighted by Crippen LogP contribution is 2.52. The van der Waals surface area contributed by atoms with Gasteiger partial charge in [-0.15, -0.1) is 0 Å². The first-order valence-electron chi connectivity index (χ1n) is 15.3. The largest absolute Gasteiger partial charge is 0.416 e. The first-order valence-corrected chi connectivity index (χ1v) is 18.2. The molecule has 41 heavy (non-hydrogen) atoms. The van der Waals surface area contributed by atoms with Crippen molar-refractivity contribution in [3.63, 3.8) is 0 Å². The Hall–Kier alpha value is -1.99. The minimum absolute atomic E-state index is 0.00985. The van der Waals surface area contributed by atoms with Crippen LogP contribution in [0.4, 0.5) is 13.2 Å². The molecule has 0 saturated heterocycles. The molecule has 2 aliphatic carbocycles. The summed E-state index contributed by atoms with van der Waals surface area (Å²) >= 11 is 0. The molecule has 0 radical (unpaired) electrons. The Labute approximate surface area is 245 Å². The Bertz CT molecular complexity index is 1270. The molecule has 0 unspecified atom stereocenters. The molecule has 0 spiro atoms. The normalized spacial score (nSPS) is 20.3. The number of carbonyl (C=O) groups is 1. The molecule has 4 rings (SSSR count). The number of halogens is 3. The van der Waals surface area contributed by atoms with E-state index in [-0.39, 0.29) is 39.7 Å². The molecule has 0 aliphatic heterocycles. The zero-order valence-electron chi connectivity index (χ0n) is 26.4. The van der Waals surface area contributed by atoms with Gasteiger partial charge < -0.3 is 4.43 Å². The zero-order chi connectivity index (χ0) is 30.5. The van der Waals surface area contributed by atoms with Crippen LogP contribution >= 0.6 is 0 Å². The molecule has 1 saturated carbocycles. The SMILES string of the molecule is CC(C)c1nc2c(c(C3CCCCC3)c1C(=O)c1ccc(C(F)(F)F)cc1)[C@@H](O[Si](C)(C)C(C)(C)C)CC(C)(C)C2.